The molecule has 0 bridgehead atoms. The number of hydrogen-bond donors (Lipinski definition) is 4. The van der Waals surface area contributed by atoms with E-state index in [0.717, 1.165) is 12.8 Å². The van der Waals surface area contributed by atoms with Crippen molar-refractivity contribution in [3.05, 3.63) is 0 Å². The summed E-state index contributed by atoms with van der Waals surface area (Å²) in [6, 6.07) is -0.551. The topological polar surface area (TPSA) is 95.6 Å². The molecule has 0 radical (unpaired) electrons. The Morgan fingerprint density at radius 3 is 2.31 bits per heavy atom. The summed E-state index contributed by atoms with van der Waals surface area (Å²) in [5.41, 5.74) is 5.53. The van der Waals surface area contributed by atoms with Crippen LogP contribution in [0.15, 0.2) is 0 Å². The Kier molecular flexibility index (Phi) is 7.29. The average Bonchev–Trinajstić information content (AvgIpc) is 2.23. The van der Waals surface area contributed by atoms with Crippen LogP contribution in [0.3, 0.4) is 0 Å². The molecule has 96 valence electrons. The molecule has 0 spiro atoms. The van der Waals surface area contributed by atoms with Crippen LogP contribution in [0, 0.1) is 5.41 Å². The first-order valence-electron chi connectivity index (χ1n) is 5.66. The van der Waals surface area contributed by atoms with Crippen LogP contribution in [0.2, 0.25) is 0 Å². The van der Waals surface area contributed by atoms with Crippen LogP contribution in [0.1, 0.15) is 33.1 Å². The van der Waals surface area contributed by atoms with Crippen molar-refractivity contribution < 1.29 is 15.0 Å². The number of nitrogens with one attached hydrogen (secondary N) is 1. The number of amides is 1. The number of carbonyl (C=O) groups is 1. The van der Waals surface area contributed by atoms with Gasteiger partial charge in [0.15, 0.2) is 0 Å². The molecule has 0 rings (SSSR count). The van der Waals surface area contributed by atoms with Crippen molar-refractivity contribution >= 4 is 5.91 Å². The van der Waals surface area contributed by atoms with Gasteiger partial charge in [-0.25, -0.2) is 0 Å². The Morgan fingerprint density at radius 2 is 1.88 bits per heavy atom. The molecular weight excluding hydrogens is 208 g/mol. The third kappa shape index (κ3) is 6.76. The third-order valence-electron chi connectivity index (χ3n) is 2.66. The second-order valence-corrected chi connectivity index (χ2v) is 4.83. The Labute approximate surface area is 97.0 Å². The Bertz CT molecular complexity index is 203. The molecule has 0 aliphatic rings. The average molecular weight is 232 g/mol. The van der Waals surface area contributed by atoms with Crippen LogP contribution in [0.25, 0.3) is 0 Å². The molecular formula is C11H24N2O3. The molecule has 0 aromatic heterocycles. The Hall–Kier alpha value is -0.650. The summed E-state index contributed by atoms with van der Waals surface area (Å²) in [5.74, 6) is -0.141. The first-order chi connectivity index (χ1) is 7.45. The molecule has 0 fully saturated rings. The van der Waals surface area contributed by atoms with Gasteiger partial charge in [0.2, 0.25) is 5.91 Å². The Morgan fingerprint density at radius 1 is 1.31 bits per heavy atom. The second-order valence-electron chi connectivity index (χ2n) is 4.83. The predicted molar refractivity (Wildman–Crippen MR) is 62.8 cm³/mol. The summed E-state index contributed by atoms with van der Waals surface area (Å²) in [6.45, 7) is 4.28. The molecule has 0 atom stereocenters. The van der Waals surface area contributed by atoms with E-state index in [1.54, 1.807) is 0 Å². The third-order valence-corrected chi connectivity index (χ3v) is 2.66. The quantitative estimate of drug-likeness (QED) is 0.458. The van der Waals surface area contributed by atoms with Crippen LogP contribution < -0.4 is 11.1 Å². The lowest BCUT2D eigenvalue weighted by molar-refractivity contribution is -0.123. The number of hydrogen-bond acceptors (Lipinski definition) is 4. The minimum Gasteiger partial charge on any atom is -0.394 e. The SMILES string of the molecule is CC(C)(CCN)CCC(=O)NC(CO)CO. The van der Waals surface area contributed by atoms with Crippen molar-refractivity contribution in [2.24, 2.45) is 11.1 Å². The molecule has 0 unspecified atom stereocenters. The lowest BCUT2D eigenvalue weighted by atomic mass is 9.84. The van der Waals surface area contributed by atoms with E-state index in [0.29, 0.717) is 13.0 Å². The molecule has 16 heavy (non-hydrogen) atoms. The highest BCUT2D eigenvalue weighted by Crippen LogP contribution is 2.25. The Balaban J connectivity index is 3.88. The molecule has 0 saturated heterocycles. The highest BCUT2D eigenvalue weighted by molar-refractivity contribution is 5.76. The highest BCUT2D eigenvalue weighted by Gasteiger charge is 2.19. The van der Waals surface area contributed by atoms with Crippen LogP contribution in [0.4, 0.5) is 0 Å². The van der Waals surface area contributed by atoms with Crippen LogP contribution in [0.5, 0.6) is 0 Å². The monoisotopic (exact) mass is 232 g/mol. The van der Waals surface area contributed by atoms with E-state index in [1.807, 2.05) is 0 Å². The zero-order chi connectivity index (χ0) is 12.6. The summed E-state index contributed by atoms with van der Waals surface area (Å²) in [5, 5.41) is 20.2. The van der Waals surface area contributed by atoms with Crippen molar-refractivity contribution in [3.63, 3.8) is 0 Å². The number of aliphatic hydroxyl groups is 2. The van der Waals surface area contributed by atoms with E-state index >= 15 is 0 Å². The van der Waals surface area contributed by atoms with Crippen molar-refractivity contribution in [2.45, 2.75) is 39.2 Å². The first kappa shape index (κ1) is 15.3. The molecule has 5 heteroatoms. The van der Waals surface area contributed by atoms with Gasteiger partial charge in [-0.05, 0) is 24.8 Å². The summed E-state index contributed by atoms with van der Waals surface area (Å²) >= 11 is 0. The van der Waals surface area contributed by atoms with Gasteiger partial charge in [0, 0.05) is 6.42 Å². The van der Waals surface area contributed by atoms with Gasteiger partial charge in [-0.15, -0.1) is 0 Å². The minimum atomic E-state index is -0.551. The van der Waals surface area contributed by atoms with E-state index in [1.165, 1.54) is 0 Å². The molecule has 5 nitrogen and oxygen atoms in total. The van der Waals surface area contributed by atoms with E-state index in [4.69, 9.17) is 15.9 Å². The number of nitrogens with two attached hydrogens (primary N) is 1. The molecule has 5 N–H and O–H groups in total. The predicted octanol–water partition coefficient (Wildman–Crippen LogP) is -0.389. The minimum absolute atomic E-state index is 0.0556. The number of rotatable bonds is 8. The van der Waals surface area contributed by atoms with Gasteiger partial charge >= 0.3 is 0 Å². The number of aliphatic hydroxyl groups excluding tert-OH is 2. The fourth-order valence-electron chi connectivity index (χ4n) is 1.42. The zero-order valence-corrected chi connectivity index (χ0v) is 10.2. The van der Waals surface area contributed by atoms with E-state index in [2.05, 4.69) is 19.2 Å². The maximum Gasteiger partial charge on any atom is 0.220 e. The van der Waals surface area contributed by atoms with Crippen molar-refractivity contribution in [2.75, 3.05) is 19.8 Å². The van der Waals surface area contributed by atoms with Crippen molar-refractivity contribution in [1.29, 1.82) is 0 Å². The van der Waals surface area contributed by atoms with Gasteiger partial charge < -0.3 is 21.3 Å². The summed E-state index contributed by atoms with van der Waals surface area (Å²) in [7, 11) is 0. The normalized spacial score (nSPS) is 11.9. The molecule has 0 saturated carbocycles. The van der Waals surface area contributed by atoms with Gasteiger partial charge in [0.1, 0.15) is 0 Å². The van der Waals surface area contributed by atoms with E-state index in [-0.39, 0.29) is 24.5 Å². The van der Waals surface area contributed by atoms with Crippen molar-refractivity contribution in [1.82, 2.24) is 5.32 Å². The maximum absolute atomic E-state index is 11.5. The molecule has 1 amide bonds. The summed E-state index contributed by atoms with van der Waals surface area (Å²) < 4.78 is 0. The molecule has 0 aromatic rings. The lowest BCUT2D eigenvalue weighted by Crippen LogP contribution is -2.40. The zero-order valence-electron chi connectivity index (χ0n) is 10.2. The fraction of sp³-hybridized carbons (Fsp3) is 0.909. The van der Waals surface area contributed by atoms with Gasteiger partial charge in [-0.1, -0.05) is 13.8 Å². The molecule has 0 aromatic carbocycles. The van der Waals surface area contributed by atoms with Gasteiger partial charge in [0.25, 0.3) is 0 Å². The summed E-state index contributed by atoms with van der Waals surface area (Å²) in [6.07, 6.45) is 2.02. The van der Waals surface area contributed by atoms with Crippen LogP contribution >= 0.6 is 0 Å². The van der Waals surface area contributed by atoms with E-state index < -0.39 is 6.04 Å². The largest absolute Gasteiger partial charge is 0.394 e. The van der Waals surface area contributed by atoms with E-state index in [9.17, 15) is 4.79 Å². The van der Waals surface area contributed by atoms with Gasteiger partial charge in [-0.2, -0.15) is 0 Å². The molecule has 0 aliphatic carbocycles. The summed E-state index contributed by atoms with van der Waals surface area (Å²) in [4.78, 5) is 11.5. The maximum atomic E-state index is 11.5. The second kappa shape index (κ2) is 7.60. The highest BCUT2D eigenvalue weighted by atomic mass is 16.3. The van der Waals surface area contributed by atoms with Crippen LogP contribution in [-0.4, -0.2) is 41.9 Å². The molecule has 0 heterocycles. The van der Waals surface area contributed by atoms with Gasteiger partial charge in [-0.3, -0.25) is 4.79 Å². The fourth-order valence-corrected chi connectivity index (χ4v) is 1.42. The van der Waals surface area contributed by atoms with Gasteiger partial charge in [0.05, 0.1) is 19.3 Å². The molecule has 0 aliphatic heterocycles. The van der Waals surface area contributed by atoms with Crippen molar-refractivity contribution in [3.8, 4) is 0 Å². The van der Waals surface area contributed by atoms with Crippen LogP contribution in [-0.2, 0) is 4.79 Å². The number of carbonyl (C=O) groups excluding carboxylic acids is 1. The standard InChI is InChI=1S/C11H24N2O3/c1-11(2,5-6-12)4-3-10(16)13-9(7-14)8-15/h9,14-15H,3-8,12H2,1-2H3,(H,13,16). The first-order valence-corrected chi connectivity index (χ1v) is 5.66. The smallest absolute Gasteiger partial charge is 0.220 e. The lowest BCUT2D eigenvalue weighted by Gasteiger charge is -2.23.